The second-order valence-corrected chi connectivity index (χ2v) is 21.7. The predicted molar refractivity (Wildman–Crippen MR) is 298 cm³/mol. The molecule has 11 heteroatoms. The van der Waals surface area contributed by atoms with Crippen LogP contribution < -0.4 is 9.47 Å². The maximum atomic E-state index is 11.4. The lowest BCUT2D eigenvalue weighted by atomic mass is 9.56. The molecule has 3 aliphatic rings. The molecule has 1 saturated carbocycles. The predicted octanol–water partition coefficient (Wildman–Crippen LogP) is 16.1. The van der Waals surface area contributed by atoms with E-state index in [4.69, 9.17) is 24.2 Å². The summed E-state index contributed by atoms with van der Waals surface area (Å²) in [5, 5.41) is 36.3. The van der Waals surface area contributed by atoms with E-state index in [1.807, 2.05) is 54.2 Å². The number of nitro groups is 1. The molecule has 0 aromatic heterocycles. The van der Waals surface area contributed by atoms with E-state index >= 15 is 0 Å². The third kappa shape index (κ3) is 15.6. The number of oxime groups is 1. The monoisotopic (exact) mass is 1010 g/mol. The van der Waals surface area contributed by atoms with Crippen LogP contribution in [0.15, 0.2) is 127 Å². The van der Waals surface area contributed by atoms with E-state index in [0.717, 1.165) is 88.6 Å². The first kappa shape index (κ1) is 55.8. The minimum Gasteiger partial charge on any atom is -0.460 e. The first-order valence-corrected chi connectivity index (χ1v) is 28.8. The van der Waals surface area contributed by atoms with Gasteiger partial charge in [0.25, 0.3) is 5.69 Å². The van der Waals surface area contributed by atoms with Crippen molar-refractivity contribution in [1.82, 2.24) is 0 Å². The van der Waals surface area contributed by atoms with E-state index in [1.165, 1.54) is 95.6 Å². The van der Waals surface area contributed by atoms with Gasteiger partial charge in [-0.25, -0.2) is 0 Å². The number of ether oxygens (including phenoxy) is 3. The van der Waals surface area contributed by atoms with Gasteiger partial charge in [-0.2, -0.15) is 11.8 Å². The van der Waals surface area contributed by atoms with Gasteiger partial charge in [-0.15, -0.1) is 6.58 Å². The number of nitro benzene ring substituents is 1. The molecule has 0 radical (unpaired) electrons. The van der Waals surface area contributed by atoms with Gasteiger partial charge in [0.1, 0.15) is 23.9 Å². The van der Waals surface area contributed by atoms with E-state index in [9.17, 15) is 20.3 Å². The van der Waals surface area contributed by atoms with Gasteiger partial charge in [-0.1, -0.05) is 163 Å². The van der Waals surface area contributed by atoms with E-state index in [1.54, 1.807) is 12.1 Å². The smallest absolute Gasteiger partial charge is 0.269 e. The summed E-state index contributed by atoms with van der Waals surface area (Å²) in [6.45, 7) is 7.12. The Balaban J connectivity index is 1.19. The molecule has 0 saturated heterocycles. The second-order valence-electron chi connectivity index (χ2n) is 20.4. The zero-order valence-corrected chi connectivity index (χ0v) is 44.3. The number of rotatable bonds is 34. The summed E-state index contributed by atoms with van der Waals surface area (Å²) in [6.07, 6.45) is 28.1. The van der Waals surface area contributed by atoms with Gasteiger partial charge in [0.15, 0.2) is 0 Å². The van der Waals surface area contributed by atoms with Gasteiger partial charge < -0.3 is 29.3 Å². The van der Waals surface area contributed by atoms with Crippen molar-refractivity contribution in [3.8, 4) is 28.4 Å². The fraction of sp³-hybridized carbons (Fsp3) is 0.532. The molecule has 0 amide bonds. The van der Waals surface area contributed by atoms with Gasteiger partial charge in [-0.05, 0) is 114 Å². The Bertz CT molecular complexity index is 2340. The van der Waals surface area contributed by atoms with Crippen LogP contribution in [0.5, 0.6) is 17.2 Å². The van der Waals surface area contributed by atoms with Gasteiger partial charge in [0.2, 0.25) is 5.79 Å². The summed E-state index contributed by atoms with van der Waals surface area (Å²) in [4.78, 5) is 17.3. The van der Waals surface area contributed by atoms with Crippen molar-refractivity contribution in [2.45, 2.75) is 165 Å². The second kappa shape index (κ2) is 29.8. The zero-order valence-electron chi connectivity index (χ0n) is 43.5. The van der Waals surface area contributed by atoms with Gasteiger partial charge >= 0.3 is 0 Å². The highest BCUT2D eigenvalue weighted by Crippen LogP contribution is 2.63. The fourth-order valence-electron chi connectivity index (χ4n) is 11.4. The van der Waals surface area contributed by atoms with Crippen LogP contribution in [0.3, 0.4) is 0 Å². The molecule has 10 nitrogen and oxygen atoms in total. The average Bonchev–Trinajstić information content (AvgIpc) is 3.41. The molecule has 394 valence electrons. The van der Waals surface area contributed by atoms with Gasteiger partial charge in [0, 0.05) is 43.2 Å². The Morgan fingerprint density at radius 3 is 2.04 bits per heavy atom. The molecule has 73 heavy (non-hydrogen) atoms. The molecule has 6 unspecified atom stereocenters. The third-order valence-electron chi connectivity index (χ3n) is 15.2. The number of non-ortho nitro benzene ring substituents is 1. The van der Waals surface area contributed by atoms with Crippen LogP contribution in [0.2, 0.25) is 0 Å². The Morgan fingerprint density at radius 1 is 0.767 bits per heavy atom. The number of aliphatic hydroxyl groups is 2. The molecule has 1 aliphatic heterocycles. The Hall–Kier alpha value is -4.94. The first-order chi connectivity index (χ1) is 35.9. The topological polar surface area (TPSA) is 133 Å². The van der Waals surface area contributed by atoms with Crippen LogP contribution >= 0.6 is 11.8 Å². The number of fused-ring (bicyclic) bond motifs is 2. The van der Waals surface area contributed by atoms with Crippen LogP contribution in [-0.2, 0) is 16.2 Å². The highest BCUT2D eigenvalue weighted by atomic mass is 32.2. The van der Waals surface area contributed by atoms with Crippen molar-refractivity contribution in [3.05, 3.63) is 143 Å². The highest BCUT2D eigenvalue weighted by Gasteiger charge is 2.64. The van der Waals surface area contributed by atoms with Crippen molar-refractivity contribution in [1.29, 1.82) is 0 Å². The summed E-state index contributed by atoms with van der Waals surface area (Å²) in [5.41, 5.74) is 6.08. The fourth-order valence-corrected chi connectivity index (χ4v) is 12.9. The van der Waals surface area contributed by atoms with Gasteiger partial charge in [-0.3, -0.25) is 10.1 Å². The number of thioether (sulfide) groups is 1. The lowest BCUT2D eigenvalue weighted by Gasteiger charge is -2.58. The molecular formula is C62H82N2O8S. The summed E-state index contributed by atoms with van der Waals surface area (Å²) in [5.74, 6) is 2.10. The summed E-state index contributed by atoms with van der Waals surface area (Å²) < 4.78 is 21.3. The molecule has 0 spiro atoms. The Kier molecular flexibility index (Phi) is 22.8. The molecule has 0 bridgehead atoms. The highest BCUT2D eigenvalue weighted by molar-refractivity contribution is 8.00. The number of unbranched alkanes of at least 4 members (excludes halogenated alkanes) is 15. The molecule has 1 fully saturated rings. The first-order valence-electron chi connectivity index (χ1n) is 27.8. The Labute approximate surface area is 440 Å². The van der Waals surface area contributed by atoms with Crippen molar-refractivity contribution in [3.63, 3.8) is 0 Å². The van der Waals surface area contributed by atoms with Crippen LogP contribution in [-0.4, -0.2) is 57.5 Å². The number of allylic oxidation sites excluding steroid dienone is 1. The summed E-state index contributed by atoms with van der Waals surface area (Å²) in [7, 11) is 0. The van der Waals surface area contributed by atoms with Crippen LogP contribution in [0, 0.1) is 27.9 Å². The van der Waals surface area contributed by atoms with E-state index in [-0.39, 0.29) is 54.4 Å². The molecule has 6 atom stereocenters. The molecule has 7 rings (SSSR count). The molecular weight excluding hydrogens is 933 g/mol. The Morgan fingerprint density at radius 2 is 1.40 bits per heavy atom. The lowest BCUT2D eigenvalue weighted by molar-refractivity contribution is -0.384. The van der Waals surface area contributed by atoms with Crippen molar-refractivity contribution in [2.75, 3.05) is 25.6 Å². The van der Waals surface area contributed by atoms with Gasteiger partial charge in [0.05, 0.1) is 28.4 Å². The standard InChI is InChI=1S/C62H82N2O8S/c1-3-5-6-7-8-9-10-11-12-13-14-15-16-24-42-73-59-45-57(63-70-46-47-29-33-51(34-30-47)64(67)68)55-43-50(27-20-22-39-65)54(28-21-23-40-66)60-56-44-53(37-38-58(56)72-62(59,61(55)60)69-41-4-2)71-52-35-31-49(32-36-52)48-25-18-17-19-26-48/h4,17-19,25-26,29-38,43-44,50,54,59-61,65-66H,2-3,5-16,20-24,27-28,39-42,45-46H2,1H3. The number of nitrogens with zero attached hydrogens (tertiary/aromatic N) is 2. The normalized spacial score (nSPS) is 21.4. The maximum Gasteiger partial charge on any atom is 0.269 e. The number of aliphatic hydroxyl groups excluding tert-OH is 2. The molecule has 4 aromatic carbocycles. The number of hydrogen-bond donors (Lipinski definition) is 2. The minimum absolute atomic E-state index is 0.0307. The number of hydrogen-bond acceptors (Lipinski definition) is 10. The third-order valence-corrected chi connectivity index (χ3v) is 16.6. The van der Waals surface area contributed by atoms with E-state index < -0.39 is 10.7 Å². The van der Waals surface area contributed by atoms with Crippen LogP contribution in [0.4, 0.5) is 5.69 Å². The molecule has 2 N–H and O–H groups in total. The molecule has 2 aliphatic carbocycles. The van der Waals surface area contributed by atoms with Crippen molar-refractivity contribution >= 4 is 23.2 Å². The minimum atomic E-state index is -1.06. The largest absolute Gasteiger partial charge is 0.460 e. The van der Waals surface area contributed by atoms with Crippen LogP contribution in [0.1, 0.15) is 159 Å². The van der Waals surface area contributed by atoms with Crippen molar-refractivity contribution in [2.24, 2.45) is 22.9 Å². The maximum absolute atomic E-state index is 11.4. The SMILES string of the molecule is C=CCOC12Oc3ccc(Oc4ccc(-c5ccccc5)cc4)cc3C3C(CCCCO)C(CCCCO)C=C(C(=NOCc4ccc([N+](=O)[O-])cc4)CC1SCCCCCCCCCCCCCCCC)C32. The summed E-state index contributed by atoms with van der Waals surface area (Å²) >= 11 is 1.92. The molecule has 1 heterocycles. The average molecular weight is 1020 g/mol. The zero-order chi connectivity index (χ0) is 51.1. The van der Waals surface area contributed by atoms with E-state index in [2.05, 4.69) is 56.0 Å². The van der Waals surface area contributed by atoms with Crippen LogP contribution in [0.25, 0.3) is 11.1 Å². The van der Waals surface area contributed by atoms with Crippen molar-refractivity contribution < 1.29 is 34.2 Å². The lowest BCUT2D eigenvalue weighted by Crippen LogP contribution is -2.64. The summed E-state index contributed by atoms with van der Waals surface area (Å²) in [6, 6.07) is 31.2. The molecule has 4 aromatic rings. The number of benzene rings is 4. The van der Waals surface area contributed by atoms with E-state index in [0.29, 0.717) is 25.9 Å². The quantitative estimate of drug-likeness (QED) is 0.0203.